The first kappa shape index (κ1) is 17.4. The molecule has 4 nitrogen and oxygen atoms in total. The third kappa shape index (κ3) is 2.63. The Labute approximate surface area is 144 Å². The fraction of sp³-hybridized carbons (Fsp3) is 0.294. The summed E-state index contributed by atoms with van der Waals surface area (Å²) in [6.07, 6.45) is 0. The highest BCUT2D eigenvalue weighted by atomic mass is 35.5. The maximum Gasteiger partial charge on any atom is 0.182 e. The monoisotopic (exact) mass is 370 g/mol. The molecule has 2 aromatic rings. The third-order valence-corrected chi connectivity index (χ3v) is 7.27. The molecular formula is C17H16ClFO4S. The number of rotatable bonds is 5. The van der Waals surface area contributed by atoms with Crippen molar-refractivity contribution >= 4 is 21.4 Å². The van der Waals surface area contributed by atoms with E-state index >= 15 is 0 Å². The van der Waals surface area contributed by atoms with Crippen LogP contribution in [0.3, 0.4) is 0 Å². The topological polar surface area (TPSA) is 74.6 Å². The van der Waals surface area contributed by atoms with Crippen LogP contribution in [0.15, 0.2) is 53.4 Å². The smallest absolute Gasteiger partial charge is 0.182 e. The Morgan fingerprint density at radius 1 is 1.00 bits per heavy atom. The zero-order chi connectivity index (χ0) is 17.5. The summed E-state index contributed by atoms with van der Waals surface area (Å²) in [4.78, 5) is 0.0767. The van der Waals surface area contributed by atoms with Gasteiger partial charge in [-0.3, -0.25) is 0 Å². The summed E-state index contributed by atoms with van der Waals surface area (Å²) in [5.74, 6) is -1.04. The van der Waals surface area contributed by atoms with Crippen LogP contribution in [0.1, 0.15) is 11.5 Å². The lowest BCUT2D eigenvalue weighted by atomic mass is 10.0. The molecule has 0 spiro atoms. The van der Waals surface area contributed by atoms with E-state index < -0.39 is 45.5 Å². The van der Waals surface area contributed by atoms with Gasteiger partial charge in [0.1, 0.15) is 5.82 Å². The van der Waals surface area contributed by atoms with Gasteiger partial charge < -0.3 is 10.2 Å². The van der Waals surface area contributed by atoms with E-state index in [9.17, 15) is 23.0 Å². The summed E-state index contributed by atoms with van der Waals surface area (Å²) < 4.78 is 39.0. The van der Waals surface area contributed by atoms with E-state index in [1.54, 1.807) is 0 Å². The molecule has 2 N–H and O–H groups in total. The van der Waals surface area contributed by atoms with Gasteiger partial charge in [0.2, 0.25) is 0 Å². The minimum absolute atomic E-state index is 0.0767. The predicted molar refractivity (Wildman–Crippen MR) is 88.2 cm³/mol. The van der Waals surface area contributed by atoms with Gasteiger partial charge in [-0.05, 0) is 42.0 Å². The molecule has 0 radical (unpaired) electrons. The summed E-state index contributed by atoms with van der Waals surface area (Å²) in [7, 11) is -3.79. The molecule has 0 saturated heterocycles. The van der Waals surface area contributed by atoms with E-state index in [1.807, 2.05) is 0 Å². The van der Waals surface area contributed by atoms with Crippen molar-refractivity contribution in [2.24, 2.45) is 5.41 Å². The Hall–Kier alpha value is -1.47. The minimum Gasteiger partial charge on any atom is -0.396 e. The summed E-state index contributed by atoms with van der Waals surface area (Å²) in [5, 5.41) is 18.9. The second-order valence-electron chi connectivity index (χ2n) is 6.00. The van der Waals surface area contributed by atoms with Gasteiger partial charge in [-0.1, -0.05) is 23.7 Å². The number of sulfone groups is 1. The predicted octanol–water partition coefficient (Wildman–Crippen LogP) is 2.39. The first-order chi connectivity index (χ1) is 11.4. The van der Waals surface area contributed by atoms with Crippen LogP contribution in [0.2, 0.25) is 5.02 Å². The molecule has 24 heavy (non-hydrogen) atoms. The molecule has 2 unspecified atom stereocenters. The zero-order valence-electron chi connectivity index (χ0n) is 12.6. The molecule has 128 valence electrons. The van der Waals surface area contributed by atoms with Crippen LogP contribution in [-0.2, 0) is 9.84 Å². The lowest BCUT2D eigenvalue weighted by molar-refractivity contribution is 0.130. The van der Waals surface area contributed by atoms with Crippen molar-refractivity contribution in [2.75, 3.05) is 13.2 Å². The standard InChI is InChI=1S/C17H16ClFO4S/c18-12-3-7-14(8-4-12)24(22,23)16-15(17(16,9-20)10-21)11-1-5-13(19)6-2-11/h1-8,15-16,20-21H,9-10H2. The average molecular weight is 371 g/mol. The van der Waals surface area contributed by atoms with Gasteiger partial charge in [-0.25, -0.2) is 12.8 Å². The SMILES string of the molecule is O=S(=O)(c1ccc(Cl)cc1)C1C(c2ccc(F)cc2)C1(CO)CO. The van der Waals surface area contributed by atoms with Crippen molar-refractivity contribution in [2.45, 2.75) is 16.1 Å². The number of benzene rings is 2. The minimum atomic E-state index is -3.79. The quantitative estimate of drug-likeness (QED) is 0.847. The molecule has 1 aliphatic rings. The van der Waals surface area contributed by atoms with Crippen LogP contribution in [0.25, 0.3) is 0 Å². The van der Waals surface area contributed by atoms with E-state index in [2.05, 4.69) is 0 Å². The normalized spacial score (nSPS) is 22.3. The number of aliphatic hydroxyl groups excluding tert-OH is 2. The molecule has 1 aliphatic carbocycles. The van der Waals surface area contributed by atoms with E-state index in [1.165, 1.54) is 48.5 Å². The zero-order valence-corrected chi connectivity index (χ0v) is 14.1. The van der Waals surface area contributed by atoms with Crippen molar-refractivity contribution < 1.29 is 23.0 Å². The Kier molecular flexibility index (Phi) is 4.42. The third-order valence-electron chi connectivity index (χ3n) is 4.67. The van der Waals surface area contributed by atoms with Crippen molar-refractivity contribution in [3.8, 4) is 0 Å². The second kappa shape index (κ2) is 6.11. The second-order valence-corrected chi connectivity index (χ2v) is 8.50. The maximum absolute atomic E-state index is 13.1. The summed E-state index contributed by atoms with van der Waals surface area (Å²) in [6.45, 7) is -0.966. The molecule has 3 rings (SSSR count). The van der Waals surface area contributed by atoms with Gasteiger partial charge in [0.25, 0.3) is 0 Å². The Balaban J connectivity index is 2.04. The largest absolute Gasteiger partial charge is 0.396 e. The number of aliphatic hydroxyl groups is 2. The lowest BCUT2D eigenvalue weighted by Crippen LogP contribution is -2.23. The Bertz CT molecular complexity index is 830. The van der Waals surface area contributed by atoms with E-state index in [4.69, 9.17) is 11.6 Å². The van der Waals surface area contributed by atoms with E-state index in [0.29, 0.717) is 10.6 Å². The average Bonchev–Trinajstić information content (AvgIpc) is 3.26. The first-order valence-corrected chi connectivity index (χ1v) is 9.26. The molecule has 2 aromatic carbocycles. The highest BCUT2D eigenvalue weighted by molar-refractivity contribution is 7.92. The van der Waals surface area contributed by atoms with Crippen molar-refractivity contribution in [3.63, 3.8) is 0 Å². The number of hydrogen-bond donors (Lipinski definition) is 2. The van der Waals surface area contributed by atoms with Gasteiger partial charge in [0.15, 0.2) is 9.84 Å². The summed E-state index contributed by atoms with van der Waals surface area (Å²) in [5.41, 5.74) is -0.613. The highest BCUT2D eigenvalue weighted by Crippen LogP contribution is 2.63. The molecule has 7 heteroatoms. The molecule has 2 atom stereocenters. The summed E-state index contributed by atoms with van der Waals surface area (Å²) in [6, 6.07) is 11.2. The van der Waals surface area contributed by atoms with Crippen LogP contribution in [0.5, 0.6) is 0 Å². The molecule has 0 amide bonds. The van der Waals surface area contributed by atoms with Crippen molar-refractivity contribution in [3.05, 3.63) is 64.9 Å². The highest BCUT2D eigenvalue weighted by Gasteiger charge is 2.70. The molecule has 1 saturated carbocycles. The van der Waals surface area contributed by atoms with Gasteiger partial charge in [0.05, 0.1) is 23.4 Å². The van der Waals surface area contributed by atoms with Crippen LogP contribution < -0.4 is 0 Å². The Morgan fingerprint density at radius 3 is 2.04 bits per heavy atom. The maximum atomic E-state index is 13.1. The van der Waals surface area contributed by atoms with Crippen LogP contribution in [0, 0.1) is 11.2 Å². The molecule has 1 fully saturated rings. The van der Waals surface area contributed by atoms with Gasteiger partial charge in [0, 0.05) is 16.4 Å². The molecule has 0 aromatic heterocycles. The lowest BCUT2D eigenvalue weighted by Gasteiger charge is -2.11. The van der Waals surface area contributed by atoms with E-state index in [0.717, 1.165) is 0 Å². The Morgan fingerprint density at radius 2 is 1.54 bits per heavy atom. The molecule has 0 heterocycles. The molecule has 0 bridgehead atoms. The molecule has 0 aliphatic heterocycles. The first-order valence-electron chi connectivity index (χ1n) is 7.33. The van der Waals surface area contributed by atoms with Gasteiger partial charge in [-0.15, -0.1) is 0 Å². The van der Waals surface area contributed by atoms with Crippen molar-refractivity contribution in [1.29, 1.82) is 0 Å². The van der Waals surface area contributed by atoms with Crippen LogP contribution in [0.4, 0.5) is 4.39 Å². The fourth-order valence-electron chi connectivity index (χ4n) is 3.32. The molecular weight excluding hydrogens is 355 g/mol. The van der Waals surface area contributed by atoms with Gasteiger partial charge >= 0.3 is 0 Å². The number of hydrogen-bond acceptors (Lipinski definition) is 4. The van der Waals surface area contributed by atoms with Crippen molar-refractivity contribution in [1.82, 2.24) is 0 Å². The fourth-order valence-corrected chi connectivity index (χ4v) is 5.87. The van der Waals surface area contributed by atoms with E-state index in [-0.39, 0.29) is 4.90 Å². The van der Waals surface area contributed by atoms with Crippen LogP contribution >= 0.6 is 11.6 Å². The summed E-state index contributed by atoms with van der Waals surface area (Å²) >= 11 is 5.80. The van der Waals surface area contributed by atoms with Gasteiger partial charge in [-0.2, -0.15) is 0 Å². The number of halogens is 2. The van der Waals surface area contributed by atoms with Crippen LogP contribution in [-0.4, -0.2) is 37.1 Å².